The summed E-state index contributed by atoms with van der Waals surface area (Å²) in [6, 6.07) is 0. The molecule has 1 atom stereocenters. The lowest BCUT2D eigenvalue weighted by atomic mass is 10.0. The van der Waals surface area contributed by atoms with E-state index in [-0.39, 0.29) is 31.1 Å². The second-order valence-electron chi connectivity index (χ2n) is 20.9. The molecule has 0 aliphatic rings. The fraction of sp³-hybridized carbons (Fsp3) is 0.725. The number of unbranched alkanes of at least 4 members (excludes halogenated alkanes) is 30. The first kappa shape index (κ1) is 71.3. The number of carbonyl (C=O) groups excluding carboxylic acids is 3. The summed E-state index contributed by atoms with van der Waals surface area (Å²) in [6.45, 7) is 6.41. The monoisotopic (exact) mass is 1040 g/mol. The van der Waals surface area contributed by atoms with E-state index in [2.05, 4.69) is 118 Å². The Morgan fingerprint density at radius 1 is 0.280 bits per heavy atom. The summed E-state index contributed by atoms with van der Waals surface area (Å²) in [7, 11) is 0. The lowest BCUT2D eigenvalue weighted by Gasteiger charge is -2.18. The van der Waals surface area contributed by atoms with Gasteiger partial charge in [-0.05, 0) is 116 Å². The Morgan fingerprint density at radius 2 is 0.520 bits per heavy atom. The third kappa shape index (κ3) is 61.1. The van der Waals surface area contributed by atoms with Gasteiger partial charge in [0.25, 0.3) is 0 Å². The summed E-state index contributed by atoms with van der Waals surface area (Å²) in [5, 5.41) is 0. The fourth-order valence-electron chi connectivity index (χ4n) is 8.86. The molecule has 0 spiro atoms. The Bertz CT molecular complexity index is 1480. The van der Waals surface area contributed by atoms with Crippen LogP contribution < -0.4 is 0 Å². The van der Waals surface area contributed by atoms with Gasteiger partial charge < -0.3 is 14.2 Å². The van der Waals surface area contributed by atoms with Crippen LogP contribution in [0.15, 0.2) is 97.2 Å². The highest BCUT2D eigenvalue weighted by atomic mass is 16.6. The van der Waals surface area contributed by atoms with E-state index in [4.69, 9.17) is 14.2 Å². The van der Waals surface area contributed by atoms with E-state index in [9.17, 15) is 14.4 Å². The first-order chi connectivity index (χ1) is 37.0. The van der Waals surface area contributed by atoms with Crippen LogP contribution in [0.25, 0.3) is 0 Å². The van der Waals surface area contributed by atoms with Gasteiger partial charge in [-0.25, -0.2) is 0 Å². The molecule has 0 radical (unpaired) electrons. The third-order valence-electron chi connectivity index (χ3n) is 13.6. The molecule has 0 aromatic heterocycles. The highest BCUT2D eigenvalue weighted by Gasteiger charge is 2.19. The molecular formula is C69H118O6. The van der Waals surface area contributed by atoms with Crippen LogP contribution in [0.3, 0.4) is 0 Å². The van der Waals surface area contributed by atoms with Crippen molar-refractivity contribution in [3.8, 4) is 0 Å². The van der Waals surface area contributed by atoms with Crippen molar-refractivity contribution in [2.24, 2.45) is 0 Å². The maximum Gasteiger partial charge on any atom is 0.306 e. The molecule has 0 amide bonds. The third-order valence-corrected chi connectivity index (χ3v) is 13.6. The van der Waals surface area contributed by atoms with Gasteiger partial charge in [0, 0.05) is 19.3 Å². The average Bonchev–Trinajstić information content (AvgIpc) is 3.41. The summed E-state index contributed by atoms with van der Waals surface area (Å²) in [6.07, 6.45) is 84.2. The number of esters is 3. The zero-order valence-corrected chi connectivity index (χ0v) is 49.3. The number of ether oxygens (including phenoxy) is 3. The van der Waals surface area contributed by atoms with Crippen LogP contribution in [0.4, 0.5) is 0 Å². The van der Waals surface area contributed by atoms with Crippen molar-refractivity contribution < 1.29 is 28.6 Å². The second-order valence-corrected chi connectivity index (χ2v) is 20.9. The van der Waals surface area contributed by atoms with Gasteiger partial charge in [0.1, 0.15) is 13.2 Å². The van der Waals surface area contributed by atoms with E-state index in [1.54, 1.807) is 0 Å². The fourth-order valence-corrected chi connectivity index (χ4v) is 8.86. The molecule has 0 heterocycles. The minimum atomic E-state index is -0.794. The van der Waals surface area contributed by atoms with Gasteiger partial charge in [-0.2, -0.15) is 0 Å². The zero-order chi connectivity index (χ0) is 54.3. The van der Waals surface area contributed by atoms with Crippen molar-refractivity contribution in [2.45, 2.75) is 309 Å². The van der Waals surface area contributed by atoms with E-state index in [0.29, 0.717) is 19.3 Å². The van der Waals surface area contributed by atoms with Crippen molar-refractivity contribution in [3.63, 3.8) is 0 Å². The summed E-state index contributed by atoms with van der Waals surface area (Å²) in [4.78, 5) is 38.3. The zero-order valence-electron chi connectivity index (χ0n) is 49.3. The molecule has 430 valence electrons. The molecule has 75 heavy (non-hydrogen) atoms. The molecule has 0 fully saturated rings. The summed E-state index contributed by atoms with van der Waals surface area (Å²) < 4.78 is 16.9. The highest BCUT2D eigenvalue weighted by molar-refractivity contribution is 5.71. The molecular weight excluding hydrogens is 925 g/mol. The molecule has 0 saturated carbocycles. The van der Waals surface area contributed by atoms with Gasteiger partial charge in [0.15, 0.2) is 6.10 Å². The predicted molar refractivity (Wildman–Crippen MR) is 325 cm³/mol. The molecule has 0 aromatic rings. The van der Waals surface area contributed by atoms with Crippen molar-refractivity contribution >= 4 is 17.9 Å². The Labute approximate surface area is 464 Å². The summed E-state index contributed by atoms with van der Waals surface area (Å²) >= 11 is 0. The minimum Gasteiger partial charge on any atom is -0.462 e. The van der Waals surface area contributed by atoms with Crippen molar-refractivity contribution in [1.29, 1.82) is 0 Å². The number of carbonyl (C=O) groups is 3. The minimum absolute atomic E-state index is 0.0894. The van der Waals surface area contributed by atoms with Crippen LogP contribution in [0.1, 0.15) is 303 Å². The summed E-state index contributed by atoms with van der Waals surface area (Å²) in [5.74, 6) is -0.917. The number of hydrogen-bond acceptors (Lipinski definition) is 6. The maximum absolute atomic E-state index is 12.9. The van der Waals surface area contributed by atoms with Crippen LogP contribution >= 0.6 is 0 Å². The SMILES string of the molecule is CC/C=C\C/C=C\C/C=C\C/C=C\CCCCCCCCCCCCC(=O)OCC(COC(=O)CCCCC/C=C\C/C=C\C/C=C\CC)OC(=O)CCCCCCCCCCC/C=C\CCCCCCCCCC. The van der Waals surface area contributed by atoms with Crippen LogP contribution in [0.5, 0.6) is 0 Å². The normalized spacial score (nSPS) is 12.7. The van der Waals surface area contributed by atoms with Gasteiger partial charge in [-0.1, -0.05) is 266 Å². The Hall–Kier alpha value is -3.67. The van der Waals surface area contributed by atoms with Gasteiger partial charge in [-0.3, -0.25) is 14.4 Å². The quantitative estimate of drug-likeness (QED) is 0.0261. The van der Waals surface area contributed by atoms with E-state index >= 15 is 0 Å². The highest BCUT2D eigenvalue weighted by Crippen LogP contribution is 2.16. The lowest BCUT2D eigenvalue weighted by molar-refractivity contribution is -0.167. The number of hydrogen-bond donors (Lipinski definition) is 0. The Balaban J connectivity index is 4.35. The molecule has 0 saturated heterocycles. The first-order valence-corrected chi connectivity index (χ1v) is 31.7. The van der Waals surface area contributed by atoms with E-state index in [1.807, 2.05) is 0 Å². The van der Waals surface area contributed by atoms with Gasteiger partial charge in [0.05, 0.1) is 0 Å². The van der Waals surface area contributed by atoms with Crippen LogP contribution in [-0.4, -0.2) is 37.2 Å². The van der Waals surface area contributed by atoms with Crippen molar-refractivity contribution in [1.82, 2.24) is 0 Å². The molecule has 0 aromatic carbocycles. The van der Waals surface area contributed by atoms with Crippen molar-refractivity contribution in [2.75, 3.05) is 13.2 Å². The number of rotatable bonds is 57. The molecule has 0 bridgehead atoms. The van der Waals surface area contributed by atoms with E-state index in [0.717, 1.165) is 109 Å². The maximum atomic E-state index is 12.9. The van der Waals surface area contributed by atoms with Gasteiger partial charge in [-0.15, -0.1) is 0 Å². The molecule has 1 unspecified atom stereocenters. The predicted octanol–water partition coefficient (Wildman–Crippen LogP) is 21.7. The molecule has 6 nitrogen and oxygen atoms in total. The molecule has 0 N–H and O–H groups in total. The van der Waals surface area contributed by atoms with Crippen molar-refractivity contribution in [3.05, 3.63) is 97.2 Å². The van der Waals surface area contributed by atoms with Gasteiger partial charge in [0.2, 0.25) is 0 Å². The molecule has 0 rings (SSSR count). The standard InChI is InChI=1S/C69H118O6/c1-4-7-10-13-16-19-22-25-27-29-31-33-34-36-37-39-41-44-47-50-53-56-59-62-68(71)74-65-66(64-73-67(70)61-58-55-52-49-46-43-24-21-18-15-12-9-6-3)75-69(72)63-60-57-54-51-48-45-42-40-38-35-32-30-28-26-23-20-17-14-11-8-5-2/h7,9-10,12,16,18-19,21,25,27,30-33,43,46,66H,4-6,8,11,13-15,17,20,22-24,26,28-29,34-42,44-45,47-65H2,1-3H3/b10-7-,12-9-,19-16-,21-18-,27-25-,32-30-,33-31-,46-43-. The average molecular weight is 1040 g/mol. The second kappa shape index (κ2) is 62.9. The smallest absolute Gasteiger partial charge is 0.306 e. The van der Waals surface area contributed by atoms with Crippen LogP contribution in [0.2, 0.25) is 0 Å². The van der Waals surface area contributed by atoms with Crippen LogP contribution in [0, 0.1) is 0 Å². The topological polar surface area (TPSA) is 78.9 Å². The number of allylic oxidation sites excluding steroid dienone is 16. The summed E-state index contributed by atoms with van der Waals surface area (Å²) in [5.41, 5.74) is 0. The largest absolute Gasteiger partial charge is 0.462 e. The van der Waals surface area contributed by atoms with E-state index < -0.39 is 6.10 Å². The van der Waals surface area contributed by atoms with Gasteiger partial charge >= 0.3 is 17.9 Å². The van der Waals surface area contributed by atoms with E-state index in [1.165, 1.54) is 154 Å². The lowest BCUT2D eigenvalue weighted by Crippen LogP contribution is -2.30. The Morgan fingerprint density at radius 3 is 0.840 bits per heavy atom. The Kier molecular flexibility index (Phi) is 59.8. The molecule has 6 heteroatoms. The molecule has 0 aliphatic carbocycles. The first-order valence-electron chi connectivity index (χ1n) is 31.7. The molecule has 0 aliphatic heterocycles. The van der Waals surface area contributed by atoms with Crippen LogP contribution in [-0.2, 0) is 28.6 Å².